The quantitative estimate of drug-likeness (QED) is 0.832. The minimum Gasteiger partial charge on any atom is -0.345 e. The van der Waals surface area contributed by atoms with Crippen molar-refractivity contribution >= 4 is 5.91 Å². The molecule has 92 valence electrons. The van der Waals surface area contributed by atoms with E-state index < -0.39 is 0 Å². The van der Waals surface area contributed by atoms with Crippen molar-refractivity contribution < 1.29 is 4.79 Å². The van der Waals surface area contributed by atoms with Crippen molar-refractivity contribution in [3.63, 3.8) is 0 Å². The van der Waals surface area contributed by atoms with Crippen molar-refractivity contribution in [1.29, 1.82) is 0 Å². The van der Waals surface area contributed by atoms with Crippen LogP contribution in [0.1, 0.15) is 12.0 Å². The number of pyridine rings is 1. The minimum atomic E-state index is 0.178. The summed E-state index contributed by atoms with van der Waals surface area (Å²) in [6, 6.07) is 3.99. The molecule has 1 saturated heterocycles. The molecule has 1 amide bonds. The predicted molar refractivity (Wildman–Crippen MR) is 66.6 cm³/mol. The normalized spacial score (nSPS) is 19.2. The fourth-order valence-electron chi connectivity index (χ4n) is 2.13. The van der Waals surface area contributed by atoms with E-state index >= 15 is 0 Å². The monoisotopic (exact) mass is 233 g/mol. The van der Waals surface area contributed by atoms with Gasteiger partial charge in [-0.05, 0) is 37.1 Å². The summed E-state index contributed by atoms with van der Waals surface area (Å²) in [5.74, 6) is 0.446. The van der Waals surface area contributed by atoms with Crippen molar-refractivity contribution in [2.45, 2.75) is 12.8 Å². The Balaban J connectivity index is 1.80. The van der Waals surface area contributed by atoms with Crippen molar-refractivity contribution in [3.05, 3.63) is 30.1 Å². The van der Waals surface area contributed by atoms with Crippen LogP contribution in [0.2, 0.25) is 0 Å². The van der Waals surface area contributed by atoms with E-state index in [4.69, 9.17) is 0 Å². The van der Waals surface area contributed by atoms with Gasteiger partial charge in [0.15, 0.2) is 0 Å². The van der Waals surface area contributed by atoms with Crippen LogP contribution < -0.4 is 5.32 Å². The molecule has 1 atom stereocenters. The summed E-state index contributed by atoms with van der Waals surface area (Å²) in [5, 5.41) is 3.23. The fourth-order valence-corrected chi connectivity index (χ4v) is 2.13. The van der Waals surface area contributed by atoms with Crippen LogP contribution in [-0.2, 0) is 11.2 Å². The number of aromatic nitrogens is 1. The van der Waals surface area contributed by atoms with Crippen molar-refractivity contribution in [2.75, 3.05) is 26.7 Å². The summed E-state index contributed by atoms with van der Waals surface area (Å²) in [6.45, 7) is 2.58. The van der Waals surface area contributed by atoms with Crippen molar-refractivity contribution in [3.8, 4) is 0 Å². The maximum atomic E-state index is 12.0. The van der Waals surface area contributed by atoms with Gasteiger partial charge in [-0.2, -0.15) is 0 Å². The minimum absolute atomic E-state index is 0.178. The molecule has 0 aromatic carbocycles. The molecule has 4 heteroatoms. The first-order valence-electron chi connectivity index (χ1n) is 6.12. The summed E-state index contributed by atoms with van der Waals surface area (Å²) >= 11 is 0. The van der Waals surface area contributed by atoms with Crippen LogP contribution in [0.15, 0.2) is 24.5 Å². The van der Waals surface area contributed by atoms with Crippen LogP contribution in [0, 0.1) is 5.92 Å². The molecule has 0 bridgehead atoms. The van der Waals surface area contributed by atoms with Gasteiger partial charge in [-0.3, -0.25) is 9.78 Å². The molecular formula is C13H19N3O. The lowest BCUT2D eigenvalue weighted by atomic mass is 10.1. The molecule has 0 aliphatic carbocycles. The van der Waals surface area contributed by atoms with Gasteiger partial charge >= 0.3 is 0 Å². The number of nitrogens with one attached hydrogen (secondary N) is 1. The maximum absolute atomic E-state index is 12.0. The Hall–Kier alpha value is -1.42. The molecule has 1 unspecified atom stereocenters. The molecule has 1 aromatic heterocycles. The van der Waals surface area contributed by atoms with Gasteiger partial charge in [0.05, 0.1) is 5.92 Å². The zero-order valence-electron chi connectivity index (χ0n) is 10.2. The Bertz CT molecular complexity index is 360. The average molecular weight is 233 g/mol. The standard InChI is InChI=1S/C13H19N3O/c1-16(13(17)12-4-8-15-10-12)9-5-11-2-6-14-7-3-11/h2-3,6-7,12,15H,4-5,8-10H2,1H3. The largest absolute Gasteiger partial charge is 0.345 e. The Morgan fingerprint density at radius 3 is 2.94 bits per heavy atom. The Kier molecular flexibility index (Phi) is 4.09. The molecule has 0 saturated carbocycles. The van der Waals surface area contributed by atoms with E-state index in [1.807, 2.05) is 24.1 Å². The third kappa shape index (κ3) is 3.27. The summed E-state index contributed by atoms with van der Waals surface area (Å²) in [7, 11) is 1.89. The van der Waals surface area contributed by atoms with E-state index in [-0.39, 0.29) is 11.8 Å². The topological polar surface area (TPSA) is 45.2 Å². The summed E-state index contributed by atoms with van der Waals surface area (Å²) in [5.41, 5.74) is 1.23. The zero-order valence-corrected chi connectivity index (χ0v) is 10.2. The number of rotatable bonds is 4. The smallest absolute Gasteiger partial charge is 0.226 e. The summed E-state index contributed by atoms with van der Waals surface area (Å²) < 4.78 is 0. The van der Waals surface area contributed by atoms with E-state index in [2.05, 4.69) is 10.3 Å². The Morgan fingerprint density at radius 1 is 1.53 bits per heavy atom. The van der Waals surface area contributed by atoms with Gasteiger partial charge in [0.25, 0.3) is 0 Å². The molecule has 0 spiro atoms. The number of likely N-dealkylation sites (N-methyl/N-ethyl adjacent to an activating group) is 1. The first-order valence-corrected chi connectivity index (χ1v) is 6.12. The number of nitrogens with zero attached hydrogens (tertiary/aromatic N) is 2. The highest BCUT2D eigenvalue weighted by Gasteiger charge is 2.24. The van der Waals surface area contributed by atoms with Crippen LogP contribution >= 0.6 is 0 Å². The second-order valence-corrected chi connectivity index (χ2v) is 4.55. The van der Waals surface area contributed by atoms with Gasteiger partial charge in [0.2, 0.25) is 5.91 Å². The molecule has 1 aliphatic heterocycles. The van der Waals surface area contributed by atoms with Crippen LogP contribution in [-0.4, -0.2) is 42.5 Å². The maximum Gasteiger partial charge on any atom is 0.226 e. The van der Waals surface area contributed by atoms with Gasteiger partial charge in [-0.15, -0.1) is 0 Å². The second-order valence-electron chi connectivity index (χ2n) is 4.55. The van der Waals surface area contributed by atoms with Gasteiger partial charge in [-0.25, -0.2) is 0 Å². The first-order chi connectivity index (χ1) is 8.27. The molecule has 1 fully saturated rings. The summed E-state index contributed by atoms with van der Waals surface area (Å²) in [6.07, 6.45) is 5.44. The first kappa shape index (κ1) is 12.0. The lowest BCUT2D eigenvalue weighted by molar-refractivity contribution is -0.133. The van der Waals surface area contributed by atoms with Gasteiger partial charge < -0.3 is 10.2 Å². The number of amides is 1. The van der Waals surface area contributed by atoms with Crippen molar-refractivity contribution in [2.24, 2.45) is 5.92 Å². The van der Waals surface area contributed by atoms with Crippen LogP contribution in [0.4, 0.5) is 0 Å². The Morgan fingerprint density at radius 2 is 2.29 bits per heavy atom. The molecule has 1 N–H and O–H groups in total. The highest BCUT2D eigenvalue weighted by Crippen LogP contribution is 2.11. The van der Waals surface area contributed by atoms with Crippen molar-refractivity contribution in [1.82, 2.24) is 15.2 Å². The predicted octanol–water partition coefficient (Wildman–Crippen LogP) is 0.692. The van der Waals surface area contributed by atoms with E-state index in [9.17, 15) is 4.79 Å². The molecule has 4 nitrogen and oxygen atoms in total. The number of carbonyl (C=O) groups is 1. The molecular weight excluding hydrogens is 214 g/mol. The fraction of sp³-hybridized carbons (Fsp3) is 0.538. The molecule has 1 aliphatic rings. The highest BCUT2D eigenvalue weighted by molar-refractivity contribution is 5.79. The zero-order chi connectivity index (χ0) is 12.1. The van der Waals surface area contributed by atoms with Crippen LogP contribution in [0.5, 0.6) is 0 Å². The van der Waals surface area contributed by atoms with Crippen LogP contribution in [0.3, 0.4) is 0 Å². The van der Waals surface area contributed by atoms with E-state index in [1.165, 1.54) is 5.56 Å². The lowest BCUT2D eigenvalue weighted by Gasteiger charge is -2.20. The number of carbonyl (C=O) groups excluding carboxylic acids is 1. The summed E-state index contributed by atoms with van der Waals surface area (Å²) in [4.78, 5) is 17.9. The second kappa shape index (κ2) is 5.77. The number of hydrogen-bond donors (Lipinski definition) is 1. The van der Waals surface area contributed by atoms with Gasteiger partial charge in [0, 0.05) is 32.5 Å². The molecule has 2 heterocycles. The lowest BCUT2D eigenvalue weighted by Crippen LogP contribution is -2.35. The SMILES string of the molecule is CN(CCc1ccncc1)C(=O)C1CCNC1. The van der Waals surface area contributed by atoms with Gasteiger partial charge in [-0.1, -0.05) is 0 Å². The molecule has 2 rings (SSSR count). The van der Waals surface area contributed by atoms with Gasteiger partial charge in [0.1, 0.15) is 0 Å². The molecule has 1 aromatic rings. The van der Waals surface area contributed by atoms with Crippen LogP contribution in [0.25, 0.3) is 0 Å². The van der Waals surface area contributed by atoms with E-state index in [0.29, 0.717) is 0 Å². The van der Waals surface area contributed by atoms with E-state index in [1.54, 1.807) is 12.4 Å². The third-order valence-electron chi connectivity index (χ3n) is 3.27. The Labute approximate surface area is 102 Å². The third-order valence-corrected chi connectivity index (χ3v) is 3.27. The number of hydrogen-bond acceptors (Lipinski definition) is 3. The highest BCUT2D eigenvalue weighted by atomic mass is 16.2. The molecule has 0 radical (unpaired) electrons. The molecule has 17 heavy (non-hydrogen) atoms. The van der Waals surface area contributed by atoms with E-state index in [0.717, 1.165) is 32.5 Å². The average Bonchev–Trinajstić information content (AvgIpc) is 2.90.